The van der Waals surface area contributed by atoms with Gasteiger partial charge in [0.25, 0.3) is 5.91 Å². The maximum Gasteiger partial charge on any atom is 0.409 e. The van der Waals surface area contributed by atoms with Crippen molar-refractivity contribution >= 4 is 5.91 Å². The minimum Gasteiger partial charge on any atom is -0.387 e. The summed E-state index contributed by atoms with van der Waals surface area (Å²) in [4.78, 5) is 17.4. The van der Waals surface area contributed by atoms with E-state index in [-0.39, 0.29) is 30.4 Å². The summed E-state index contributed by atoms with van der Waals surface area (Å²) in [5.74, 6) is 0.188. The van der Waals surface area contributed by atoms with Crippen molar-refractivity contribution < 1.29 is 23.1 Å². The molecule has 0 aliphatic carbocycles. The lowest BCUT2D eigenvalue weighted by Crippen LogP contribution is -2.48. The highest BCUT2D eigenvalue weighted by Gasteiger charge is 2.31. The Bertz CT molecular complexity index is 1230. The minimum atomic E-state index is -4.40. The normalized spacial score (nSPS) is 21.3. The van der Waals surface area contributed by atoms with E-state index in [2.05, 4.69) is 20.7 Å². The molecular formula is C27H32F3N7O2. The molecule has 12 heteroatoms. The first kappa shape index (κ1) is 27.2. The van der Waals surface area contributed by atoms with Crippen molar-refractivity contribution in [2.45, 2.75) is 56.7 Å². The summed E-state index contributed by atoms with van der Waals surface area (Å²) in [6.45, 7) is 1.17. The Morgan fingerprint density at radius 2 is 1.74 bits per heavy atom. The quantitative estimate of drug-likeness (QED) is 0.451. The van der Waals surface area contributed by atoms with Crippen LogP contribution in [0.3, 0.4) is 0 Å². The SMILES string of the molecule is O=C(c1ccc(CC2CCC(C(O)c3ccccc3)N2)cc1)N1CCN(Cc2nnn(CC(F)(F)F)n2)CC1. The standard InChI is InChI=1S/C27H32F3N7O2/c28-27(29,30)18-37-33-24(32-34-37)17-35-12-14-36(15-13-35)26(39)21-8-6-19(7-9-21)16-22-10-11-23(31-22)25(38)20-4-2-1-3-5-20/h1-9,22-23,25,31,38H,10-18H2. The maximum atomic E-state index is 13.0. The average molecular weight is 544 g/mol. The summed E-state index contributed by atoms with van der Waals surface area (Å²) in [5, 5.41) is 25.2. The van der Waals surface area contributed by atoms with Gasteiger partial charge in [-0.25, -0.2) is 0 Å². The summed E-state index contributed by atoms with van der Waals surface area (Å²) in [7, 11) is 0. The van der Waals surface area contributed by atoms with Gasteiger partial charge in [-0.1, -0.05) is 42.5 Å². The number of nitrogens with one attached hydrogen (secondary N) is 1. The van der Waals surface area contributed by atoms with E-state index in [1.165, 1.54) is 0 Å². The molecule has 2 saturated heterocycles. The van der Waals surface area contributed by atoms with E-state index in [1.807, 2.05) is 59.5 Å². The molecule has 0 radical (unpaired) electrons. The fraction of sp³-hybridized carbons (Fsp3) is 0.481. The molecule has 3 atom stereocenters. The molecule has 2 aliphatic rings. The van der Waals surface area contributed by atoms with Crippen molar-refractivity contribution in [1.29, 1.82) is 0 Å². The van der Waals surface area contributed by atoms with Gasteiger partial charge >= 0.3 is 6.18 Å². The lowest BCUT2D eigenvalue weighted by Gasteiger charge is -2.34. The molecule has 3 heterocycles. The van der Waals surface area contributed by atoms with Crippen molar-refractivity contribution in [3.05, 3.63) is 77.1 Å². The van der Waals surface area contributed by atoms with Gasteiger partial charge in [-0.15, -0.1) is 10.2 Å². The highest BCUT2D eigenvalue weighted by molar-refractivity contribution is 5.94. The third kappa shape index (κ3) is 7.20. The van der Waals surface area contributed by atoms with Gasteiger partial charge in [0.15, 0.2) is 12.4 Å². The number of amides is 1. The van der Waals surface area contributed by atoms with Crippen molar-refractivity contribution in [2.75, 3.05) is 26.2 Å². The molecule has 0 bridgehead atoms. The molecule has 3 unspecified atom stereocenters. The second-order valence-electron chi connectivity index (χ2n) is 10.2. The summed E-state index contributed by atoms with van der Waals surface area (Å²) in [5.41, 5.74) is 2.68. The molecule has 1 aromatic heterocycles. The molecule has 0 spiro atoms. The maximum absolute atomic E-state index is 13.0. The summed E-state index contributed by atoms with van der Waals surface area (Å²) < 4.78 is 37.5. The highest BCUT2D eigenvalue weighted by Crippen LogP contribution is 2.27. The first-order valence-corrected chi connectivity index (χ1v) is 13.2. The third-order valence-corrected chi connectivity index (χ3v) is 7.32. The van der Waals surface area contributed by atoms with Crippen LogP contribution in [-0.2, 0) is 19.5 Å². The number of tetrazole rings is 1. The van der Waals surface area contributed by atoms with Gasteiger partial charge in [0.05, 0.1) is 12.6 Å². The van der Waals surface area contributed by atoms with Crippen LogP contribution in [-0.4, -0.2) is 85.5 Å². The molecule has 2 N–H and O–H groups in total. The first-order chi connectivity index (χ1) is 18.7. The van der Waals surface area contributed by atoms with Crippen molar-refractivity contribution in [3.63, 3.8) is 0 Å². The lowest BCUT2D eigenvalue weighted by molar-refractivity contribution is -0.145. The van der Waals surface area contributed by atoms with E-state index < -0.39 is 18.8 Å². The smallest absolute Gasteiger partial charge is 0.387 e. The number of piperazine rings is 1. The number of alkyl halides is 3. The Hall–Kier alpha value is -3.35. The van der Waals surface area contributed by atoms with Gasteiger partial charge in [-0.2, -0.15) is 18.0 Å². The first-order valence-electron chi connectivity index (χ1n) is 13.2. The molecule has 1 amide bonds. The Morgan fingerprint density at radius 1 is 1.03 bits per heavy atom. The predicted molar refractivity (Wildman–Crippen MR) is 137 cm³/mol. The van der Waals surface area contributed by atoms with Crippen LogP contribution in [0.2, 0.25) is 0 Å². The second kappa shape index (κ2) is 11.8. The molecular weight excluding hydrogens is 511 g/mol. The van der Waals surface area contributed by atoms with Gasteiger partial charge in [-0.05, 0) is 47.7 Å². The fourth-order valence-electron chi connectivity index (χ4n) is 5.27. The Kier molecular flexibility index (Phi) is 8.24. The van der Waals surface area contributed by atoms with E-state index >= 15 is 0 Å². The Labute approximate surface area is 224 Å². The largest absolute Gasteiger partial charge is 0.409 e. The molecule has 3 aromatic rings. The molecule has 208 valence electrons. The van der Waals surface area contributed by atoms with Crippen LogP contribution in [0.25, 0.3) is 0 Å². The van der Waals surface area contributed by atoms with E-state index in [1.54, 1.807) is 4.90 Å². The molecule has 2 aromatic carbocycles. The number of hydrogen-bond acceptors (Lipinski definition) is 7. The highest BCUT2D eigenvalue weighted by atomic mass is 19.4. The minimum absolute atomic E-state index is 0.0274. The number of nitrogens with zero attached hydrogens (tertiary/aromatic N) is 6. The molecule has 39 heavy (non-hydrogen) atoms. The van der Waals surface area contributed by atoms with Crippen LogP contribution < -0.4 is 5.32 Å². The third-order valence-electron chi connectivity index (χ3n) is 7.32. The second-order valence-corrected chi connectivity index (χ2v) is 10.2. The number of benzene rings is 2. The van der Waals surface area contributed by atoms with Gasteiger partial charge < -0.3 is 15.3 Å². The van der Waals surface area contributed by atoms with Gasteiger partial charge in [-0.3, -0.25) is 9.69 Å². The van der Waals surface area contributed by atoms with E-state index in [9.17, 15) is 23.1 Å². The van der Waals surface area contributed by atoms with Gasteiger partial charge in [0, 0.05) is 43.8 Å². The van der Waals surface area contributed by atoms with Crippen molar-refractivity contribution in [2.24, 2.45) is 0 Å². The number of carbonyl (C=O) groups is 1. The zero-order valence-electron chi connectivity index (χ0n) is 21.5. The number of aliphatic hydroxyl groups is 1. The van der Waals surface area contributed by atoms with Gasteiger partial charge in [0.2, 0.25) is 0 Å². The van der Waals surface area contributed by atoms with Crippen LogP contribution in [0.1, 0.15) is 46.3 Å². The predicted octanol–water partition coefficient (Wildman–Crippen LogP) is 2.59. The zero-order chi connectivity index (χ0) is 27.4. The number of halogens is 3. The fourth-order valence-corrected chi connectivity index (χ4v) is 5.27. The van der Waals surface area contributed by atoms with Crippen molar-refractivity contribution in [3.8, 4) is 0 Å². The monoisotopic (exact) mass is 543 g/mol. The number of rotatable bonds is 8. The zero-order valence-corrected chi connectivity index (χ0v) is 21.5. The van der Waals surface area contributed by atoms with Crippen LogP contribution in [0.4, 0.5) is 13.2 Å². The van der Waals surface area contributed by atoms with E-state index in [4.69, 9.17) is 0 Å². The number of aliphatic hydroxyl groups excluding tert-OH is 1. The van der Waals surface area contributed by atoms with E-state index in [0.29, 0.717) is 36.5 Å². The molecule has 9 nitrogen and oxygen atoms in total. The lowest BCUT2D eigenvalue weighted by atomic mass is 10.0. The molecule has 5 rings (SSSR count). The van der Waals surface area contributed by atoms with Gasteiger partial charge in [0.1, 0.15) is 0 Å². The summed E-state index contributed by atoms with van der Waals surface area (Å²) in [6, 6.07) is 17.7. The Balaban J connectivity index is 1.07. The van der Waals surface area contributed by atoms with Crippen LogP contribution >= 0.6 is 0 Å². The molecule has 0 saturated carbocycles. The topological polar surface area (TPSA) is 99.4 Å². The number of carbonyl (C=O) groups excluding carboxylic acids is 1. The Morgan fingerprint density at radius 3 is 2.44 bits per heavy atom. The number of aromatic nitrogens is 4. The van der Waals surface area contributed by atoms with E-state index in [0.717, 1.165) is 30.4 Å². The summed E-state index contributed by atoms with van der Waals surface area (Å²) in [6.07, 6.45) is -2.22. The molecule has 2 aliphatic heterocycles. The van der Waals surface area contributed by atoms with Crippen LogP contribution in [0.5, 0.6) is 0 Å². The van der Waals surface area contributed by atoms with Crippen molar-refractivity contribution in [1.82, 2.24) is 35.3 Å². The van der Waals surface area contributed by atoms with Crippen LogP contribution in [0.15, 0.2) is 54.6 Å². The average Bonchev–Trinajstić information content (AvgIpc) is 3.57. The number of hydrogen-bond donors (Lipinski definition) is 2. The van der Waals surface area contributed by atoms with Crippen LogP contribution in [0, 0.1) is 0 Å². The summed E-state index contributed by atoms with van der Waals surface area (Å²) >= 11 is 0. The molecule has 2 fully saturated rings.